The van der Waals surface area contributed by atoms with Crippen molar-refractivity contribution in [2.75, 3.05) is 18.6 Å². The van der Waals surface area contributed by atoms with Crippen LogP contribution in [0, 0.1) is 11.8 Å². The molecule has 0 aliphatic carbocycles. The number of ether oxygens (including phenoxy) is 1. The third kappa shape index (κ3) is 4.99. The number of benzene rings is 3. The molecule has 0 spiro atoms. The summed E-state index contributed by atoms with van der Waals surface area (Å²) in [6.45, 7) is 2.10. The minimum absolute atomic E-state index is 0.436. The summed E-state index contributed by atoms with van der Waals surface area (Å²) in [5.74, 6) is 6.33. The van der Waals surface area contributed by atoms with Gasteiger partial charge < -0.3 is 9.64 Å². The molecular formula is C24H23NO. The first-order chi connectivity index (χ1) is 12.9. The quantitative estimate of drug-likeness (QED) is 0.592. The number of para-hydroxylation sites is 1. The Labute approximate surface area is 156 Å². The summed E-state index contributed by atoms with van der Waals surface area (Å²) in [6.07, 6.45) is 0. The lowest BCUT2D eigenvalue weighted by Gasteiger charge is -2.26. The third-order valence-electron chi connectivity index (χ3n) is 4.12. The molecule has 0 heterocycles. The highest BCUT2D eigenvalue weighted by molar-refractivity contribution is 5.61. The largest absolute Gasteiger partial charge is 0.372 e. The Hall–Kier alpha value is -3.02. The van der Waals surface area contributed by atoms with Crippen molar-refractivity contribution in [3.63, 3.8) is 0 Å². The molecule has 2 heteroatoms. The smallest absolute Gasteiger partial charge is 0.107 e. The predicted molar refractivity (Wildman–Crippen MR) is 108 cm³/mol. The lowest BCUT2D eigenvalue weighted by molar-refractivity contribution is 0.240. The fraction of sp³-hybridized carbons (Fsp3) is 0.167. The molecule has 3 aromatic rings. The highest BCUT2D eigenvalue weighted by Gasteiger charge is 2.11. The van der Waals surface area contributed by atoms with Gasteiger partial charge in [-0.2, -0.15) is 0 Å². The Morgan fingerprint density at radius 3 is 1.85 bits per heavy atom. The van der Waals surface area contributed by atoms with Crippen LogP contribution in [0.2, 0.25) is 0 Å². The normalized spacial score (nSPS) is 10.0. The summed E-state index contributed by atoms with van der Waals surface area (Å²) in [5, 5.41) is 0. The maximum absolute atomic E-state index is 5.07. The minimum atomic E-state index is 0.436. The molecule has 0 unspecified atom stereocenters. The van der Waals surface area contributed by atoms with Gasteiger partial charge >= 0.3 is 0 Å². The van der Waals surface area contributed by atoms with E-state index in [0.717, 1.165) is 24.3 Å². The Bertz CT molecular complexity index is 821. The molecule has 130 valence electrons. The van der Waals surface area contributed by atoms with E-state index < -0.39 is 0 Å². The highest BCUT2D eigenvalue weighted by Crippen LogP contribution is 2.24. The van der Waals surface area contributed by atoms with Crippen LogP contribution in [0.25, 0.3) is 0 Å². The highest BCUT2D eigenvalue weighted by atomic mass is 16.5. The fourth-order valence-corrected chi connectivity index (χ4v) is 2.89. The van der Waals surface area contributed by atoms with E-state index in [1.54, 1.807) is 7.11 Å². The molecule has 0 saturated heterocycles. The maximum atomic E-state index is 5.07. The van der Waals surface area contributed by atoms with Crippen LogP contribution in [0.4, 0.5) is 5.69 Å². The standard InChI is InChI=1S/C24H23NO/c1-26-18-10-16-23-15-8-9-17-24(23)25(19-21-11-4-2-5-12-21)20-22-13-6-3-7-14-22/h2-9,11-15,17H,18-20H2,1H3. The van der Waals surface area contributed by atoms with Crippen LogP contribution in [0.1, 0.15) is 16.7 Å². The predicted octanol–water partition coefficient (Wildman–Crippen LogP) is 4.89. The van der Waals surface area contributed by atoms with Crippen LogP contribution in [0.5, 0.6) is 0 Å². The second-order valence-corrected chi connectivity index (χ2v) is 6.08. The van der Waals surface area contributed by atoms with Crippen molar-refractivity contribution >= 4 is 5.69 Å². The summed E-state index contributed by atoms with van der Waals surface area (Å²) >= 11 is 0. The van der Waals surface area contributed by atoms with Crippen molar-refractivity contribution in [1.29, 1.82) is 0 Å². The Kier molecular flexibility index (Phi) is 6.47. The Morgan fingerprint density at radius 1 is 0.731 bits per heavy atom. The zero-order valence-electron chi connectivity index (χ0n) is 15.1. The number of hydrogen-bond acceptors (Lipinski definition) is 2. The van der Waals surface area contributed by atoms with E-state index in [-0.39, 0.29) is 0 Å². The molecule has 0 aromatic heterocycles. The average Bonchev–Trinajstić information content (AvgIpc) is 2.70. The summed E-state index contributed by atoms with van der Waals surface area (Å²) in [6, 6.07) is 29.4. The molecule has 3 rings (SSSR count). The van der Waals surface area contributed by atoms with E-state index >= 15 is 0 Å². The van der Waals surface area contributed by atoms with Crippen LogP contribution < -0.4 is 4.90 Å². The zero-order valence-corrected chi connectivity index (χ0v) is 15.1. The lowest BCUT2D eigenvalue weighted by atomic mass is 10.1. The van der Waals surface area contributed by atoms with Crippen molar-refractivity contribution in [1.82, 2.24) is 0 Å². The van der Waals surface area contributed by atoms with Gasteiger partial charge in [0.15, 0.2) is 0 Å². The lowest BCUT2D eigenvalue weighted by Crippen LogP contribution is -2.23. The van der Waals surface area contributed by atoms with Gasteiger partial charge in [-0.05, 0) is 23.3 Å². The topological polar surface area (TPSA) is 12.5 Å². The molecule has 0 aliphatic heterocycles. The van der Waals surface area contributed by atoms with Gasteiger partial charge in [-0.15, -0.1) is 0 Å². The molecule has 0 radical (unpaired) electrons. The Morgan fingerprint density at radius 2 is 1.27 bits per heavy atom. The van der Waals surface area contributed by atoms with Crippen molar-refractivity contribution in [2.24, 2.45) is 0 Å². The number of anilines is 1. The van der Waals surface area contributed by atoms with Crippen LogP contribution in [0.3, 0.4) is 0 Å². The van der Waals surface area contributed by atoms with Gasteiger partial charge in [0.1, 0.15) is 6.61 Å². The molecular weight excluding hydrogens is 318 g/mol. The average molecular weight is 341 g/mol. The monoisotopic (exact) mass is 341 g/mol. The van der Waals surface area contributed by atoms with Gasteiger partial charge in [0, 0.05) is 25.8 Å². The first-order valence-corrected chi connectivity index (χ1v) is 8.76. The zero-order chi connectivity index (χ0) is 18.0. The summed E-state index contributed by atoms with van der Waals surface area (Å²) in [7, 11) is 1.66. The SMILES string of the molecule is COCC#Cc1ccccc1N(Cc1ccccc1)Cc1ccccc1. The number of rotatable bonds is 6. The van der Waals surface area contributed by atoms with Crippen LogP contribution in [-0.2, 0) is 17.8 Å². The molecule has 0 N–H and O–H groups in total. The van der Waals surface area contributed by atoms with E-state index in [1.165, 1.54) is 11.1 Å². The van der Waals surface area contributed by atoms with Gasteiger partial charge in [-0.1, -0.05) is 84.6 Å². The van der Waals surface area contributed by atoms with E-state index in [9.17, 15) is 0 Å². The van der Waals surface area contributed by atoms with Crippen LogP contribution in [0.15, 0.2) is 84.9 Å². The minimum Gasteiger partial charge on any atom is -0.372 e. The van der Waals surface area contributed by atoms with Gasteiger partial charge in [-0.3, -0.25) is 0 Å². The van der Waals surface area contributed by atoms with Gasteiger partial charge in [0.05, 0.1) is 5.69 Å². The van der Waals surface area contributed by atoms with E-state index in [4.69, 9.17) is 4.74 Å². The van der Waals surface area contributed by atoms with Crippen LogP contribution in [-0.4, -0.2) is 13.7 Å². The molecule has 0 bridgehead atoms. The molecule has 0 saturated carbocycles. The van der Waals surface area contributed by atoms with Crippen molar-refractivity contribution in [3.8, 4) is 11.8 Å². The van der Waals surface area contributed by atoms with Crippen molar-refractivity contribution < 1.29 is 4.74 Å². The molecule has 0 atom stereocenters. The van der Waals surface area contributed by atoms with Crippen LogP contribution >= 0.6 is 0 Å². The number of methoxy groups -OCH3 is 1. The molecule has 0 amide bonds. The third-order valence-corrected chi connectivity index (χ3v) is 4.12. The molecule has 0 aliphatic rings. The van der Waals surface area contributed by atoms with E-state index in [1.807, 2.05) is 6.07 Å². The van der Waals surface area contributed by atoms with Crippen molar-refractivity contribution in [2.45, 2.75) is 13.1 Å². The van der Waals surface area contributed by atoms with E-state index in [0.29, 0.717) is 6.61 Å². The van der Waals surface area contributed by atoms with Gasteiger partial charge in [0.25, 0.3) is 0 Å². The maximum Gasteiger partial charge on any atom is 0.107 e. The number of hydrogen-bond donors (Lipinski definition) is 0. The summed E-state index contributed by atoms with van der Waals surface area (Å²) in [5.41, 5.74) is 4.73. The fourth-order valence-electron chi connectivity index (χ4n) is 2.89. The molecule has 0 fully saturated rings. The van der Waals surface area contributed by atoms with Gasteiger partial charge in [0.2, 0.25) is 0 Å². The first kappa shape index (κ1) is 17.8. The van der Waals surface area contributed by atoms with Gasteiger partial charge in [-0.25, -0.2) is 0 Å². The Balaban J connectivity index is 1.94. The van der Waals surface area contributed by atoms with E-state index in [2.05, 4.69) is 95.6 Å². The summed E-state index contributed by atoms with van der Waals surface area (Å²) < 4.78 is 5.07. The first-order valence-electron chi connectivity index (χ1n) is 8.76. The molecule has 2 nitrogen and oxygen atoms in total. The second kappa shape index (κ2) is 9.46. The number of nitrogens with zero attached hydrogens (tertiary/aromatic N) is 1. The second-order valence-electron chi connectivity index (χ2n) is 6.08. The van der Waals surface area contributed by atoms with Crippen molar-refractivity contribution in [3.05, 3.63) is 102 Å². The molecule has 26 heavy (non-hydrogen) atoms. The molecule has 3 aromatic carbocycles. The summed E-state index contributed by atoms with van der Waals surface area (Å²) in [4.78, 5) is 2.38.